The molecule has 0 aromatic heterocycles. The van der Waals surface area contributed by atoms with E-state index in [4.69, 9.17) is 14.6 Å². The first-order valence-electron chi connectivity index (χ1n) is 5.79. The Kier molecular flexibility index (Phi) is 3.65. The van der Waals surface area contributed by atoms with Crippen LogP contribution in [0.2, 0.25) is 0 Å². The second-order valence-electron chi connectivity index (χ2n) is 4.50. The van der Waals surface area contributed by atoms with Crippen LogP contribution in [0.15, 0.2) is 30.3 Å². The fraction of sp³-hybridized carbons (Fsp3) is 0.462. The molecule has 0 radical (unpaired) electrons. The molecule has 3 atom stereocenters. The zero-order chi connectivity index (χ0) is 13.2. The molecule has 2 rings (SSSR count). The monoisotopic (exact) mass is 252 g/mol. The van der Waals surface area contributed by atoms with E-state index in [2.05, 4.69) is 0 Å². The van der Waals surface area contributed by atoms with E-state index in [-0.39, 0.29) is 13.0 Å². The number of aliphatic hydroxyl groups excluding tert-OH is 2. The van der Waals surface area contributed by atoms with Crippen LogP contribution in [0.3, 0.4) is 0 Å². The van der Waals surface area contributed by atoms with Gasteiger partial charge in [-0.05, 0) is 12.1 Å². The van der Waals surface area contributed by atoms with E-state index < -0.39 is 24.0 Å². The van der Waals surface area contributed by atoms with E-state index in [0.29, 0.717) is 5.56 Å². The minimum Gasteiger partial charge on any atom is -0.430 e. The highest BCUT2D eigenvalue weighted by Crippen LogP contribution is 2.32. The normalized spacial score (nSPS) is 31.3. The van der Waals surface area contributed by atoms with Gasteiger partial charge in [-0.25, -0.2) is 4.79 Å². The molecule has 0 spiro atoms. The number of benzene rings is 1. The van der Waals surface area contributed by atoms with Crippen LogP contribution in [0.4, 0.5) is 0 Å². The second kappa shape index (κ2) is 5.06. The van der Waals surface area contributed by atoms with E-state index in [0.717, 1.165) is 0 Å². The van der Waals surface area contributed by atoms with Crippen molar-refractivity contribution in [1.29, 1.82) is 0 Å². The van der Waals surface area contributed by atoms with Crippen molar-refractivity contribution in [3.05, 3.63) is 35.9 Å². The summed E-state index contributed by atoms with van der Waals surface area (Å²) in [5, 5.41) is 18.6. The van der Waals surface area contributed by atoms with Crippen LogP contribution < -0.4 is 0 Å². The fourth-order valence-corrected chi connectivity index (χ4v) is 2.01. The van der Waals surface area contributed by atoms with Crippen LogP contribution >= 0.6 is 0 Å². The van der Waals surface area contributed by atoms with E-state index in [9.17, 15) is 9.90 Å². The van der Waals surface area contributed by atoms with Gasteiger partial charge in [0.05, 0.1) is 18.3 Å². The molecular weight excluding hydrogens is 236 g/mol. The molecule has 1 aromatic rings. The van der Waals surface area contributed by atoms with E-state index in [1.807, 2.05) is 0 Å². The lowest BCUT2D eigenvalue weighted by Gasteiger charge is -2.24. The van der Waals surface area contributed by atoms with Gasteiger partial charge in [0, 0.05) is 13.3 Å². The maximum absolute atomic E-state index is 11.9. The first kappa shape index (κ1) is 13.0. The summed E-state index contributed by atoms with van der Waals surface area (Å²) in [7, 11) is 0. The third-order valence-electron chi connectivity index (χ3n) is 2.91. The molecule has 0 saturated carbocycles. The minimum atomic E-state index is -1.19. The van der Waals surface area contributed by atoms with Crippen LogP contribution in [-0.4, -0.2) is 40.8 Å². The maximum atomic E-state index is 11.9. The number of carbonyl (C=O) groups is 1. The predicted octanol–water partition coefficient (Wildman–Crippen LogP) is 0.702. The van der Waals surface area contributed by atoms with Gasteiger partial charge in [0.15, 0.2) is 0 Å². The standard InChI is InChI=1S/C13H16O5/c1-13(7-10(15)11(8-14)17-13)18-12(16)9-5-3-2-4-6-9/h2-6,10-11,14-15H,7-8H2,1H3/t10-,11+,13?/m0/s1. The van der Waals surface area contributed by atoms with Gasteiger partial charge in [-0.15, -0.1) is 0 Å². The van der Waals surface area contributed by atoms with Gasteiger partial charge in [-0.3, -0.25) is 0 Å². The largest absolute Gasteiger partial charge is 0.430 e. The van der Waals surface area contributed by atoms with Crippen molar-refractivity contribution in [1.82, 2.24) is 0 Å². The van der Waals surface area contributed by atoms with Gasteiger partial charge in [0.25, 0.3) is 0 Å². The Labute approximate surface area is 105 Å². The SMILES string of the molecule is CC1(OC(=O)c2ccccc2)C[C@H](O)[C@@H](CO)O1. The van der Waals surface area contributed by atoms with E-state index in [1.165, 1.54) is 0 Å². The van der Waals surface area contributed by atoms with E-state index >= 15 is 0 Å². The number of hydrogen-bond donors (Lipinski definition) is 2. The quantitative estimate of drug-likeness (QED) is 0.774. The molecule has 1 aromatic carbocycles. The third kappa shape index (κ3) is 2.69. The molecule has 5 heteroatoms. The smallest absolute Gasteiger partial charge is 0.340 e. The average Bonchev–Trinajstić information content (AvgIpc) is 2.65. The minimum absolute atomic E-state index is 0.150. The highest BCUT2D eigenvalue weighted by atomic mass is 16.7. The zero-order valence-corrected chi connectivity index (χ0v) is 10.1. The number of carbonyl (C=O) groups excluding carboxylic acids is 1. The summed E-state index contributed by atoms with van der Waals surface area (Å²) in [6.45, 7) is 1.27. The lowest BCUT2D eigenvalue weighted by Crippen LogP contribution is -2.32. The summed E-state index contributed by atoms with van der Waals surface area (Å²) >= 11 is 0. The number of rotatable bonds is 3. The Morgan fingerprint density at radius 2 is 2.17 bits per heavy atom. The highest BCUT2D eigenvalue weighted by molar-refractivity contribution is 5.89. The summed E-state index contributed by atoms with van der Waals surface area (Å²) in [6.07, 6.45) is -1.39. The van der Waals surface area contributed by atoms with Gasteiger partial charge in [0.1, 0.15) is 6.10 Å². The molecule has 1 unspecified atom stereocenters. The summed E-state index contributed by atoms with van der Waals surface area (Å²) in [4.78, 5) is 11.9. The predicted molar refractivity (Wildman–Crippen MR) is 62.8 cm³/mol. The van der Waals surface area contributed by atoms with Crippen molar-refractivity contribution in [3.8, 4) is 0 Å². The summed E-state index contributed by atoms with van der Waals surface area (Å²) in [5.41, 5.74) is 0.421. The van der Waals surface area contributed by atoms with E-state index in [1.54, 1.807) is 37.3 Å². The number of esters is 1. The van der Waals surface area contributed by atoms with Crippen molar-refractivity contribution in [2.24, 2.45) is 0 Å². The molecule has 18 heavy (non-hydrogen) atoms. The molecule has 1 heterocycles. The van der Waals surface area contributed by atoms with Gasteiger partial charge in [-0.1, -0.05) is 18.2 Å². The van der Waals surface area contributed by atoms with Crippen LogP contribution in [0.1, 0.15) is 23.7 Å². The molecule has 1 aliphatic rings. The van der Waals surface area contributed by atoms with Gasteiger partial charge in [-0.2, -0.15) is 0 Å². The van der Waals surface area contributed by atoms with Gasteiger partial charge >= 0.3 is 5.97 Å². The lowest BCUT2D eigenvalue weighted by molar-refractivity contribution is -0.187. The van der Waals surface area contributed by atoms with Gasteiger partial charge < -0.3 is 19.7 Å². The van der Waals surface area contributed by atoms with Crippen molar-refractivity contribution in [3.63, 3.8) is 0 Å². The highest BCUT2D eigenvalue weighted by Gasteiger charge is 2.45. The molecule has 2 N–H and O–H groups in total. The molecule has 98 valence electrons. The second-order valence-corrected chi connectivity index (χ2v) is 4.50. The Morgan fingerprint density at radius 1 is 1.50 bits per heavy atom. The molecule has 1 fully saturated rings. The van der Waals surface area contributed by atoms with Crippen LogP contribution in [-0.2, 0) is 9.47 Å². The lowest BCUT2D eigenvalue weighted by atomic mass is 10.1. The summed E-state index contributed by atoms with van der Waals surface area (Å²) < 4.78 is 10.6. The number of ether oxygens (including phenoxy) is 2. The third-order valence-corrected chi connectivity index (χ3v) is 2.91. The number of aliphatic hydroxyl groups is 2. The van der Waals surface area contributed by atoms with Crippen molar-refractivity contribution >= 4 is 5.97 Å². The van der Waals surface area contributed by atoms with Crippen LogP contribution in [0, 0.1) is 0 Å². The zero-order valence-electron chi connectivity index (χ0n) is 10.1. The molecule has 0 bridgehead atoms. The van der Waals surface area contributed by atoms with Crippen molar-refractivity contribution in [2.75, 3.05) is 6.61 Å². The first-order chi connectivity index (χ1) is 8.54. The molecular formula is C13H16O5. The van der Waals surface area contributed by atoms with Crippen molar-refractivity contribution in [2.45, 2.75) is 31.3 Å². The molecule has 0 amide bonds. The van der Waals surface area contributed by atoms with Crippen LogP contribution in [0.5, 0.6) is 0 Å². The maximum Gasteiger partial charge on any atom is 0.340 e. The van der Waals surface area contributed by atoms with Crippen molar-refractivity contribution < 1.29 is 24.5 Å². The average molecular weight is 252 g/mol. The topological polar surface area (TPSA) is 76.0 Å². The Morgan fingerprint density at radius 3 is 2.72 bits per heavy atom. The summed E-state index contributed by atoms with van der Waals surface area (Å²) in [6, 6.07) is 8.55. The fourth-order valence-electron chi connectivity index (χ4n) is 2.01. The summed E-state index contributed by atoms with van der Waals surface area (Å²) in [5.74, 6) is -1.70. The Hall–Kier alpha value is -1.43. The molecule has 1 aliphatic heterocycles. The van der Waals surface area contributed by atoms with Gasteiger partial charge in [0.2, 0.25) is 5.79 Å². The Bertz CT molecular complexity index is 419. The Balaban J connectivity index is 2.04. The first-order valence-corrected chi connectivity index (χ1v) is 5.79. The van der Waals surface area contributed by atoms with Crippen LogP contribution in [0.25, 0.3) is 0 Å². The molecule has 0 aliphatic carbocycles. The molecule has 1 saturated heterocycles. The molecule has 5 nitrogen and oxygen atoms in total. The number of hydrogen-bond acceptors (Lipinski definition) is 5.